The maximum Gasteiger partial charge on any atom is 0.240 e. The van der Waals surface area contributed by atoms with Crippen molar-refractivity contribution < 1.29 is 13.2 Å². The minimum atomic E-state index is -3.59. The van der Waals surface area contributed by atoms with Gasteiger partial charge in [-0.2, -0.15) is 0 Å². The minimum Gasteiger partial charge on any atom is -0.311 e. The quantitative estimate of drug-likeness (QED) is 0.907. The molecule has 7 heteroatoms. The number of carbonyl (C=O) groups excluding carboxylic acids is 1. The number of benzene rings is 1. The predicted molar refractivity (Wildman–Crippen MR) is 95.8 cm³/mol. The Balaban J connectivity index is 1.92. The highest BCUT2D eigenvalue weighted by Gasteiger charge is 2.37. The van der Waals surface area contributed by atoms with Gasteiger partial charge in [-0.1, -0.05) is 19.9 Å². The summed E-state index contributed by atoms with van der Waals surface area (Å²) in [5.74, 6) is -0.0340. The smallest absolute Gasteiger partial charge is 0.240 e. The van der Waals surface area contributed by atoms with E-state index in [0.29, 0.717) is 6.54 Å². The zero-order valence-electron chi connectivity index (χ0n) is 13.9. The number of sulfonamides is 1. The number of thiophene rings is 1. The first kappa shape index (κ1) is 17.1. The fourth-order valence-corrected chi connectivity index (χ4v) is 4.74. The first-order valence-electron chi connectivity index (χ1n) is 7.65. The molecule has 1 N–H and O–H groups in total. The van der Waals surface area contributed by atoms with E-state index in [2.05, 4.69) is 4.72 Å². The predicted octanol–water partition coefficient (Wildman–Crippen LogP) is 2.87. The SMILES string of the molecule is CC(=O)N1CC(C)(C)c2cc(S(=O)(=O)NCc3cccs3)ccc21. The van der Waals surface area contributed by atoms with E-state index in [4.69, 9.17) is 0 Å². The molecule has 0 saturated carbocycles. The Morgan fingerprint density at radius 1 is 1.33 bits per heavy atom. The fraction of sp³-hybridized carbons (Fsp3) is 0.353. The van der Waals surface area contributed by atoms with Gasteiger partial charge in [-0.25, -0.2) is 13.1 Å². The summed E-state index contributed by atoms with van der Waals surface area (Å²) >= 11 is 1.51. The monoisotopic (exact) mass is 364 g/mol. The summed E-state index contributed by atoms with van der Waals surface area (Å²) in [5, 5.41) is 1.91. The van der Waals surface area contributed by atoms with E-state index in [-0.39, 0.29) is 22.8 Å². The lowest BCUT2D eigenvalue weighted by Crippen LogP contribution is -2.31. The van der Waals surface area contributed by atoms with Crippen molar-refractivity contribution in [1.29, 1.82) is 0 Å². The lowest BCUT2D eigenvalue weighted by molar-refractivity contribution is -0.116. The van der Waals surface area contributed by atoms with E-state index in [1.165, 1.54) is 18.3 Å². The summed E-state index contributed by atoms with van der Waals surface area (Å²) < 4.78 is 27.8. The Morgan fingerprint density at radius 3 is 2.71 bits per heavy atom. The van der Waals surface area contributed by atoms with Crippen molar-refractivity contribution in [3.05, 3.63) is 46.2 Å². The Morgan fingerprint density at radius 2 is 2.08 bits per heavy atom. The van der Waals surface area contributed by atoms with Gasteiger partial charge in [-0.15, -0.1) is 11.3 Å². The first-order valence-corrected chi connectivity index (χ1v) is 10.0. The molecule has 0 radical (unpaired) electrons. The van der Waals surface area contributed by atoms with Crippen LogP contribution in [0.5, 0.6) is 0 Å². The van der Waals surface area contributed by atoms with Crippen LogP contribution < -0.4 is 9.62 Å². The second-order valence-electron chi connectivity index (χ2n) is 6.57. The van der Waals surface area contributed by atoms with Crippen LogP contribution in [0, 0.1) is 0 Å². The fourth-order valence-electron chi connectivity index (χ4n) is 2.97. The summed E-state index contributed by atoms with van der Waals surface area (Å²) in [6.45, 7) is 6.40. The highest BCUT2D eigenvalue weighted by atomic mass is 32.2. The molecule has 2 aromatic rings. The molecule has 2 heterocycles. The molecule has 1 aromatic carbocycles. The van der Waals surface area contributed by atoms with Crippen LogP contribution in [0.3, 0.4) is 0 Å². The molecule has 24 heavy (non-hydrogen) atoms. The molecule has 3 rings (SSSR count). The second kappa shape index (κ2) is 5.98. The van der Waals surface area contributed by atoms with Gasteiger partial charge in [0.05, 0.1) is 4.90 Å². The number of rotatable bonds is 4. The molecule has 0 unspecified atom stereocenters. The average Bonchev–Trinajstić information content (AvgIpc) is 3.11. The molecule has 0 bridgehead atoms. The minimum absolute atomic E-state index is 0.0340. The van der Waals surface area contributed by atoms with E-state index in [0.717, 1.165) is 16.1 Å². The van der Waals surface area contributed by atoms with Gasteiger partial charge in [0.1, 0.15) is 0 Å². The van der Waals surface area contributed by atoms with Crippen molar-refractivity contribution in [1.82, 2.24) is 4.72 Å². The molecule has 0 aliphatic carbocycles. The number of fused-ring (bicyclic) bond motifs is 1. The van der Waals surface area contributed by atoms with Gasteiger partial charge in [0.25, 0.3) is 0 Å². The zero-order valence-corrected chi connectivity index (χ0v) is 15.5. The number of amides is 1. The van der Waals surface area contributed by atoms with Gasteiger partial charge in [-0.05, 0) is 35.2 Å². The third-order valence-corrected chi connectivity index (χ3v) is 6.52. The highest BCUT2D eigenvalue weighted by Crippen LogP contribution is 2.41. The van der Waals surface area contributed by atoms with Crippen LogP contribution in [-0.4, -0.2) is 20.9 Å². The molecule has 1 aliphatic rings. The van der Waals surface area contributed by atoms with Gasteiger partial charge in [0.2, 0.25) is 15.9 Å². The topological polar surface area (TPSA) is 66.5 Å². The summed E-state index contributed by atoms with van der Waals surface area (Å²) in [6.07, 6.45) is 0. The van der Waals surface area contributed by atoms with Crippen LogP contribution in [0.15, 0.2) is 40.6 Å². The maximum atomic E-state index is 12.6. The zero-order chi connectivity index (χ0) is 17.5. The molecular weight excluding hydrogens is 344 g/mol. The van der Waals surface area contributed by atoms with E-state index >= 15 is 0 Å². The van der Waals surface area contributed by atoms with Crippen LogP contribution in [0.4, 0.5) is 5.69 Å². The third-order valence-electron chi connectivity index (χ3n) is 4.25. The van der Waals surface area contributed by atoms with Crippen molar-refractivity contribution in [2.75, 3.05) is 11.4 Å². The molecule has 1 aromatic heterocycles. The molecule has 1 aliphatic heterocycles. The number of hydrogen-bond acceptors (Lipinski definition) is 4. The average molecular weight is 364 g/mol. The van der Waals surface area contributed by atoms with Crippen LogP contribution in [0.1, 0.15) is 31.2 Å². The summed E-state index contributed by atoms with van der Waals surface area (Å²) in [6, 6.07) is 8.76. The van der Waals surface area contributed by atoms with Gasteiger partial charge >= 0.3 is 0 Å². The van der Waals surface area contributed by atoms with Crippen molar-refractivity contribution >= 4 is 33.0 Å². The van der Waals surface area contributed by atoms with Crippen molar-refractivity contribution in [3.63, 3.8) is 0 Å². The Bertz CT molecular complexity index is 871. The Hall–Kier alpha value is -1.70. The molecule has 0 saturated heterocycles. The Labute approximate surface area is 146 Å². The highest BCUT2D eigenvalue weighted by molar-refractivity contribution is 7.89. The van der Waals surface area contributed by atoms with Crippen LogP contribution in [0.25, 0.3) is 0 Å². The lowest BCUT2D eigenvalue weighted by atomic mass is 9.87. The molecular formula is C17H20N2O3S2. The maximum absolute atomic E-state index is 12.6. The lowest BCUT2D eigenvalue weighted by Gasteiger charge is -2.19. The van der Waals surface area contributed by atoms with E-state index in [1.807, 2.05) is 31.4 Å². The van der Waals surface area contributed by atoms with Gasteiger partial charge in [0, 0.05) is 36.0 Å². The van der Waals surface area contributed by atoms with Gasteiger partial charge in [-0.3, -0.25) is 4.79 Å². The molecule has 0 fully saturated rings. The van der Waals surface area contributed by atoms with Crippen molar-refractivity contribution in [3.8, 4) is 0 Å². The Kier molecular flexibility index (Phi) is 4.27. The van der Waals surface area contributed by atoms with Gasteiger partial charge < -0.3 is 4.90 Å². The van der Waals surface area contributed by atoms with Crippen LogP contribution in [0.2, 0.25) is 0 Å². The standard InChI is InChI=1S/C17H20N2O3S2/c1-12(20)19-11-17(2,3)15-9-14(6-7-16(15)19)24(21,22)18-10-13-5-4-8-23-13/h4-9,18H,10-11H2,1-3H3. The summed E-state index contributed by atoms with van der Waals surface area (Å²) in [4.78, 5) is 14.7. The van der Waals surface area contributed by atoms with Crippen molar-refractivity contribution in [2.45, 2.75) is 37.6 Å². The first-order chi connectivity index (χ1) is 11.2. The molecule has 5 nitrogen and oxygen atoms in total. The number of anilines is 1. The molecule has 0 atom stereocenters. The number of nitrogens with one attached hydrogen (secondary N) is 1. The van der Waals surface area contributed by atoms with Gasteiger partial charge in [0.15, 0.2) is 0 Å². The number of hydrogen-bond donors (Lipinski definition) is 1. The number of carbonyl (C=O) groups is 1. The van der Waals surface area contributed by atoms with E-state index in [9.17, 15) is 13.2 Å². The summed E-state index contributed by atoms with van der Waals surface area (Å²) in [7, 11) is -3.59. The molecule has 1 amide bonds. The van der Waals surface area contributed by atoms with Crippen LogP contribution >= 0.6 is 11.3 Å². The van der Waals surface area contributed by atoms with Crippen LogP contribution in [-0.2, 0) is 26.8 Å². The third kappa shape index (κ3) is 3.11. The van der Waals surface area contributed by atoms with Crippen molar-refractivity contribution in [2.24, 2.45) is 0 Å². The normalized spacial score (nSPS) is 16.2. The molecule has 128 valence electrons. The number of nitrogens with zero attached hydrogens (tertiary/aromatic N) is 1. The van der Waals surface area contributed by atoms with E-state index in [1.54, 1.807) is 23.1 Å². The second-order valence-corrected chi connectivity index (χ2v) is 9.37. The largest absolute Gasteiger partial charge is 0.311 e. The summed E-state index contributed by atoms with van der Waals surface area (Å²) in [5.41, 5.74) is 1.40. The van der Waals surface area contributed by atoms with E-state index < -0.39 is 10.0 Å². The molecule has 0 spiro atoms.